The summed E-state index contributed by atoms with van der Waals surface area (Å²) in [7, 11) is 0. The van der Waals surface area contributed by atoms with Crippen molar-refractivity contribution >= 4 is 17.3 Å². The third-order valence-electron chi connectivity index (χ3n) is 1.96. The van der Waals surface area contributed by atoms with E-state index in [-0.39, 0.29) is 0 Å². The second-order valence-corrected chi connectivity index (χ2v) is 4.20. The summed E-state index contributed by atoms with van der Waals surface area (Å²) < 4.78 is 0. The van der Waals surface area contributed by atoms with Gasteiger partial charge in [-0.3, -0.25) is 0 Å². The summed E-state index contributed by atoms with van der Waals surface area (Å²) in [6, 6.07) is 9.87. The number of thiazole rings is 1. The van der Waals surface area contributed by atoms with Crippen molar-refractivity contribution in [2.45, 2.75) is 6.42 Å². The van der Waals surface area contributed by atoms with Crippen LogP contribution in [0.1, 0.15) is 20.2 Å². The fourth-order valence-electron chi connectivity index (χ4n) is 1.26. The fourth-order valence-corrected chi connectivity index (χ4v) is 2.05. The van der Waals surface area contributed by atoms with Crippen LogP contribution in [0.4, 0.5) is 0 Å². The van der Waals surface area contributed by atoms with Crippen molar-refractivity contribution in [2.75, 3.05) is 0 Å². The minimum absolute atomic E-state index is 0.293. The summed E-state index contributed by atoms with van der Waals surface area (Å²) in [4.78, 5) is 15.0. The molecule has 1 aromatic carbocycles. The molecule has 3 nitrogen and oxygen atoms in total. The normalized spacial score (nSPS) is 10.1. The average molecular weight is 219 g/mol. The quantitative estimate of drug-likeness (QED) is 0.862. The van der Waals surface area contributed by atoms with E-state index in [2.05, 4.69) is 4.98 Å². The molecule has 0 saturated carbocycles. The molecular weight excluding hydrogens is 210 g/mol. The Hall–Kier alpha value is -1.68. The highest BCUT2D eigenvalue weighted by atomic mass is 32.1. The van der Waals surface area contributed by atoms with Gasteiger partial charge in [-0.15, -0.1) is 11.3 Å². The molecule has 1 heterocycles. The summed E-state index contributed by atoms with van der Waals surface area (Å²) in [6.45, 7) is 0. The van der Waals surface area contributed by atoms with Gasteiger partial charge >= 0.3 is 5.97 Å². The van der Waals surface area contributed by atoms with Crippen LogP contribution in [-0.4, -0.2) is 16.1 Å². The lowest BCUT2D eigenvalue weighted by molar-refractivity contribution is 0.0702. The van der Waals surface area contributed by atoms with E-state index < -0.39 is 5.97 Å². The minimum atomic E-state index is -0.910. The molecule has 0 aliphatic rings. The summed E-state index contributed by atoms with van der Waals surface area (Å²) in [5.74, 6) is -0.910. The fraction of sp³-hybridized carbons (Fsp3) is 0.0909. The van der Waals surface area contributed by atoms with Crippen LogP contribution in [0, 0.1) is 0 Å². The molecule has 0 radical (unpaired) electrons. The molecule has 0 fully saturated rings. The van der Waals surface area contributed by atoms with Crippen LogP contribution < -0.4 is 0 Å². The molecule has 0 aliphatic heterocycles. The van der Waals surface area contributed by atoms with E-state index >= 15 is 0 Å². The van der Waals surface area contributed by atoms with Crippen molar-refractivity contribution in [2.24, 2.45) is 0 Å². The minimum Gasteiger partial charge on any atom is -0.477 e. The van der Waals surface area contributed by atoms with Crippen LogP contribution >= 0.6 is 11.3 Å². The molecule has 1 N–H and O–H groups in total. The number of aromatic carboxylic acids is 1. The van der Waals surface area contributed by atoms with Crippen LogP contribution in [0.25, 0.3) is 0 Å². The first-order chi connectivity index (χ1) is 7.25. The molecule has 2 aromatic rings. The zero-order valence-electron chi connectivity index (χ0n) is 7.88. The van der Waals surface area contributed by atoms with Gasteiger partial charge in [-0.2, -0.15) is 0 Å². The van der Waals surface area contributed by atoms with E-state index in [1.807, 2.05) is 30.3 Å². The molecule has 0 unspecified atom stereocenters. The van der Waals surface area contributed by atoms with Crippen molar-refractivity contribution in [3.8, 4) is 0 Å². The lowest BCUT2D eigenvalue weighted by atomic mass is 10.2. The second kappa shape index (κ2) is 4.23. The first-order valence-corrected chi connectivity index (χ1v) is 5.29. The molecule has 2 rings (SSSR count). The Morgan fingerprint density at radius 3 is 2.67 bits per heavy atom. The van der Waals surface area contributed by atoms with E-state index in [1.165, 1.54) is 17.5 Å². The van der Waals surface area contributed by atoms with Crippen molar-refractivity contribution in [3.63, 3.8) is 0 Å². The molecule has 0 saturated heterocycles. The first-order valence-electron chi connectivity index (χ1n) is 4.47. The molecule has 0 aliphatic carbocycles. The predicted molar refractivity (Wildman–Crippen MR) is 58.3 cm³/mol. The van der Waals surface area contributed by atoms with Gasteiger partial charge < -0.3 is 5.11 Å². The highest BCUT2D eigenvalue weighted by Gasteiger charge is 2.08. The first kappa shape index (κ1) is 9.86. The Bertz CT molecular complexity index is 464. The third-order valence-corrected chi connectivity index (χ3v) is 2.95. The van der Waals surface area contributed by atoms with E-state index in [4.69, 9.17) is 5.11 Å². The molecule has 0 spiro atoms. The van der Waals surface area contributed by atoms with Crippen LogP contribution in [-0.2, 0) is 6.42 Å². The standard InChI is InChI=1S/C11H9NO2S/c13-11(14)9-7-12-10(15-9)6-8-4-2-1-3-5-8/h1-5,7H,6H2,(H,13,14). The molecule has 4 heteroatoms. The SMILES string of the molecule is O=C(O)c1cnc(Cc2ccccc2)s1. The number of nitrogens with zero attached hydrogens (tertiary/aromatic N) is 1. The Morgan fingerprint density at radius 2 is 2.07 bits per heavy atom. The van der Waals surface area contributed by atoms with Gasteiger partial charge in [0.2, 0.25) is 0 Å². The summed E-state index contributed by atoms with van der Waals surface area (Å²) >= 11 is 1.23. The van der Waals surface area contributed by atoms with Gasteiger partial charge in [0.25, 0.3) is 0 Å². The maximum absolute atomic E-state index is 10.6. The number of hydrogen-bond donors (Lipinski definition) is 1. The Kier molecular flexibility index (Phi) is 2.78. The molecule has 76 valence electrons. The maximum Gasteiger partial charge on any atom is 0.347 e. The lowest BCUT2D eigenvalue weighted by Gasteiger charge is -1.95. The summed E-state index contributed by atoms with van der Waals surface area (Å²) in [5, 5.41) is 9.57. The van der Waals surface area contributed by atoms with Gasteiger partial charge in [0.1, 0.15) is 4.88 Å². The maximum atomic E-state index is 10.6. The third kappa shape index (κ3) is 2.41. The van der Waals surface area contributed by atoms with Crippen LogP contribution in [0.2, 0.25) is 0 Å². The topological polar surface area (TPSA) is 50.2 Å². The van der Waals surface area contributed by atoms with Crippen LogP contribution in [0.5, 0.6) is 0 Å². The monoisotopic (exact) mass is 219 g/mol. The number of carbonyl (C=O) groups is 1. The van der Waals surface area contributed by atoms with Gasteiger partial charge in [-0.1, -0.05) is 30.3 Å². The Balaban J connectivity index is 2.15. The van der Waals surface area contributed by atoms with E-state index in [0.29, 0.717) is 11.3 Å². The average Bonchev–Trinajstić information content (AvgIpc) is 2.68. The molecule has 0 atom stereocenters. The summed E-state index contributed by atoms with van der Waals surface area (Å²) in [5.41, 5.74) is 1.14. The van der Waals surface area contributed by atoms with Gasteiger partial charge in [-0.25, -0.2) is 9.78 Å². The highest BCUT2D eigenvalue weighted by molar-refractivity contribution is 7.13. The van der Waals surface area contributed by atoms with Gasteiger partial charge in [0, 0.05) is 6.42 Å². The van der Waals surface area contributed by atoms with E-state index in [9.17, 15) is 4.79 Å². The predicted octanol–water partition coefficient (Wildman–Crippen LogP) is 2.43. The van der Waals surface area contributed by atoms with Crippen molar-refractivity contribution in [1.82, 2.24) is 4.98 Å². The zero-order chi connectivity index (χ0) is 10.7. The molecule has 15 heavy (non-hydrogen) atoms. The molecule has 0 amide bonds. The van der Waals surface area contributed by atoms with Crippen molar-refractivity contribution < 1.29 is 9.90 Å². The van der Waals surface area contributed by atoms with Crippen molar-refractivity contribution in [1.29, 1.82) is 0 Å². The van der Waals surface area contributed by atoms with Gasteiger partial charge in [0.05, 0.1) is 11.2 Å². The van der Waals surface area contributed by atoms with Gasteiger partial charge in [-0.05, 0) is 5.56 Å². The largest absolute Gasteiger partial charge is 0.477 e. The van der Waals surface area contributed by atoms with E-state index in [1.54, 1.807) is 0 Å². The smallest absolute Gasteiger partial charge is 0.347 e. The zero-order valence-corrected chi connectivity index (χ0v) is 8.70. The van der Waals surface area contributed by atoms with Crippen LogP contribution in [0.15, 0.2) is 36.5 Å². The second-order valence-electron chi connectivity index (χ2n) is 3.09. The number of rotatable bonds is 3. The van der Waals surface area contributed by atoms with E-state index in [0.717, 1.165) is 10.6 Å². The molecule has 1 aromatic heterocycles. The number of carboxylic acids is 1. The lowest BCUT2D eigenvalue weighted by Crippen LogP contribution is -1.89. The summed E-state index contributed by atoms with van der Waals surface area (Å²) in [6.07, 6.45) is 2.10. The molecular formula is C11H9NO2S. The number of aromatic nitrogens is 1. The van der Waals surface area contributed by atoms with Gasteiger partial charge in [0.15, 0.2) is 0 Å². The number of hydrogen-bond acceptors (Lipinski definition) is 3. The van der Waals surface area contributed by atoms with Crippen molar-refractivity contribution in [3.05, 3.63) is 52.0 Å². The number of carboxylic acid groups (broad SMARTS) is 1. The van der Waals surface area contributed by atoms with Crippen LogP contribution in [0.3, 0.4) is 0 Å². The Labute approximate surface area is 91.0 Å². The molecule has 0 bridgehead atoms. The number of benzene rings is 1. The highest BCUT2D eigenvalue weighted by Crippen LogP contribution is 2.16. The Morgan fingerprint density at radius 1 is 1.33 bits per heavy atom.